The van der Waals surface area contributed by atoms with Crippen LogP contribution in [0.15, 0.2) is 18.2 Å². The highest BCUT2D eigenvalue weighted by atomic mass is 16.2. The van der Waals surface area contributed by atoms with Crippen LogP contribution < -0.4 is 5.32 Å². The van der Waals surface area contributed by atoms with Gasteiger partial charge in [0, 0.05) is 18.0 Å². The Morgan fingerprint density at radius 1 is 1.35 bits per heavy atom. The zero-order chi connectivity index (χ0) is 12.2. The summed E-state index contributed by atoms with van der Waals surface area (Å²) in [6.07, 6.45) is 0. The Morgan fingerprint density at radius 2 is 2.12 bits per heavy atom. The van der Waals surface area contributed by atoms with Gasteiger partial charge >= 0.3 is 0 Å². The number of aryl methyl sites for hydroxylation is 2. The molecule has 0 aliphatic carbocycles. The normalized spacial score (nSPS) is 19.2. The van der Waals surface area contributed by atoms with Crippen molar-refractivity contribution in [2.45, 2.75) is 26.8 Å². The fourth-order valence-corrected chi connectivity index (χ4v) is 2.65. The molecule has 0 radical (unpaired) electrons. The van der Waals surface area contributed by atoms with E-state index in [0.717, 1.165) is 11.1 Å². The first kappa shape index (κ1) is 10.4. The maximum atomic E-state index is 11.9. The number of carbonyl (C=O) groups is 1. The van der Waals surface area contributed by atoms with Crippen LogP contribution in [0.1, 0.15) is 34.6 Å². The summed E-state index contributed by atoms with van der Waals surface area (Å²) >= 11 is 0. The maximum absolute atomic E-state index is 11.9. The van der Waals surface area contributed by atoms with Crippen LogP contribution >= 0.6 is 0 Å². The molecule has 2 aromatic rings. The Morgan fingerprint density at radius 3 is 2.88 bits per heavy atom. The molecule has 0 bridgehead atoms. The first-order valence-electron chi connectivity index (χ1n) is 5.99. The van der Waals surface area contributed by atoms with Gasteiger partial charge in [0.05, 0.1) is 5.52 Å². The Hall–Kier alpha value is -1.77. The van der Waals surface area contributed by atoms with Gasteiger partial charge in [0.2, 0.25) is 0 Å². The van der Waals surface area contributed by atoms with Crippen molar-refractivity contribution in [1.29, 1.82) is 0 Å². The van der Waals surface area contributed by atoms with E-state index in [9.17, 15) is 4.79 Å². The third-order valence-electron chi connectivity index (χ3n) is 3.76. The summed E-state index contributed by atoms with van der Waals surface area (Å²) in [6, 6.07) is 6.53. The molecule has 0 saturated heterocycles. The molecule has 1 aliphatic heterocycles. The second-order valence-electron chi connectivity index (χ2n) is 4.90. The highest BCUT2D eigenvalue weighted by Crippen LogP contribution is 2.30. The van der Waals surface area contributed by atoms with Crippen LogP contribution in [0.25, 0.3) is 10.9 Å². The number of benzene rings is 1. The molecule has 3 rings (SSSR count). The van der Waals surface area contributed by atoms with E-state index < -0.39 is 0 Å². The summed E-state index contributed by atoms with van der Waals surface area (Å²) in [5.74, 6) is 0.0383. The molecule has 1 aromatic carbocycles. The quantitative estimate of drug-likeness (QED) is 0.738. The van der Waals surface area contributed by atoms with E-state index in [1.54, 1.807) is 0 Å². The van der Waals surface area contributed by atoms with E-state index in [2.05, 4.69) is 42.8 Å². The molecule has 1 aliphatic rings. The lowest BCUT2D eigenvalue weighted by Gasteiger charge is -2.24. The molecular formula is C14H16N2O. The molecule has 0 spiro atoms. The Balaban J connectivity index is 2.44. The van der Waals surface area contributed by atoms with Gasteiger partial charge in [0.25, 0.3) is 5.91 Å². The van der Waals surface area contributed by atoms with Crippen molar-refractivity contribution in [1.82, 2.24) is 9.88 Å². The topological polar surface area (TPSA) is 34.0 Å². The fourth-order valence-electron chi connectivity index (χ4n) is 2.65. The van der Waals surface area contributed by atoms with Crippen molar-refractivity contribution in [2.75, 3.05) is 6.54 Å². The average molecular weight is 228 g/mol. The van der Waals surface area contributed by atoms with Crippen molar-refractivity contribution >= 4 is 16.8 Å². The molecule has 1 unspecified atom stereocenters. The van der Waals surface area contributed by atoms with E-state index in [4.69, 9.17) is 0 Å². The molecule has 88 valence electrons. The Labute approximate surface area is 100 Å². The van der Waals surface area contributed by atoms with Gasteiger partial charge in [0.1, 0.15) is 5.69 Å². The largest absolute Gasteiger partial charge is 0.349 e. The molecule has 1 aromatic heterocycles. The minimum absolute atomic E-state index is 0.0383. The van der Waals surface area contributed by atoms with Crippen molar-refractivity contribution < 1.29 is 4.79 Å². The minimum atomic E-state index is 0.0383. The molecule has 3 nitrogen and oxygen atoms in total. The summed E-state index contributed by atoms with van der Waals surface area (Å²) in [7, 11) is 0. The number of fused-ring (bicyclic) bond motifs is 3. The third-order valence-corrected chi connectivity index (χ3v) is 3.76. The van der Waals surface area contributed by atoms with Gasteiger partial charge in [-0.05, 0) is 38.0 Å². The summed E-state index contributed by atoms with van der Waals surface area (Å²) in [5.41, 5.74) is 4.54. The van der Waals surface area contributed by atoms with Gasteiger partial charge in [-0.15, -0.1) is 0 Å². The van der Waals surface area contributed by atoms with E-state index >= 15 is 0 Å². The van der Waals surface area contributed by atoms with Gasteiger partial charge in [-0.3, -0.25) is 4.79 Å². The molecule has 17 heavy (non-hydrogen) atoms. The monoisotopic (exact) mass is 228 g/mol. The molecular weight excluding hydrogens is 212 g/mol. The minimum Gasteiger partial charge on any atom is -0.349 e. The highest BCUT2D eigenvalue weighted by molar-refractivity contribution is 6.00. The van der Waals surface area contributed by atoms with Crippen LogP contribution in [-0.2, 0) is 0 Å². The smallest absolute Gasteiger partial charge is 0.268 e. The van der Waals surface area contributed by atoms with Gasteiger partial charge in [-0.25, -0.2) is 0 Å². The van der Waals surface area contributed by atoms with E-state index in [1.807, 2.05) is 6.07 Å². The number of rotatable bonds is 0. The summed E-state index contributed by atoms with van der Waals surface area (Å²) in [6.45, 7) is 7.10. The molecule has 1 N–H and O–H groups in total. The summed E-state index contributed by atoms with van der Waals surface area (Å²) < 4.78 is 2.18. The second kappa shape index (κ2) is 3.36. The van der Waals surface area contributed by atoms with Crippen molar-refractivity contribution in [3.05, 3.63) is 35.0 Å². The molecule has 1 amide bonds. The zero-order valence-corrected chi connectivity index (χ0v) is 10.4. The lowest BCUT2D eigenvalue weighted by atomic mass is 10.1. The Bertz CT molecular complexity index is 625. The van der Waals surface area contributed by atoms with E-state index in [-0.39, 0.29) is 5.91 Å². The van der Waals surface area contributed by atoms with Crippen LogP contribution in [0.5, 0.6) is 0 Å². The number of amides is 1. The number of nitrogens with zero attached hydrogens (tertiary/aromatic N) is 1. The van der Waals surface area contributed by atoms with Crippen LogP contribution in [0.2, 0.25) is 0 Å². The number of hydrogen-bond donors (Lipinski definition) is 1. The molecule has 1 atom stereocenters. The van der Waals surface area contributed by atoms with Crippen LogP contribution in [-0.4, -0.2) is 17.0 Å². The third kappa shape index (κ3) is 1.32. The fraction of sp³-hybridized carbons (Fsp3) is 0.357. The number of aromatic nitrogens is 1. The van der Waals surface area contributed by atoms with Crippen LogP contribution in [0, 0.1) is 13.8 Å². The molecule has 0 fully saturated rings. The maximum Gasteiger partial charge on any atom is 0.268 e. The predicted molar refractivity (Wildman–Crippen MR) is 68.5 cm³/mol. The standard InChI is InChI=1S/C14H16N2O/c1-8-4-5-11-6-12-14(17)15-7-9(2)16(12)13(11)10(8)3/h4-6,9H,7H2,1-3H3,(H,15,17). The number of carbonyl (C=O) groups excluding carboxylic acids is 1. The predicted octanol–water partition coefficient (Wildman–Crippen LogP) is 2.56. The van der Waals surface area contributed by atoms with Crippen LogP contribution in [0.4, 0.5) is 0 Å². The summed E-state index contributed by atoms with van der Waals surface area (Å²) in [4.78, 5) is 11.9. The lowest BCUT2D eigenvalue weighted by Crippen LogP contribution is -2.37. The number of nitrogens with one attached hydrogen (secondary N) is 1. The Kier molecular flexibility index (Phi) is 2.05. The van der Waals surface area contributed by atoms with Crippen molar-refractivity contribution in [3.63, 3.8) is 0 Å². The van der Waals surface area contributed by atoms with Gasteiger partial charge < -0.3 is 9.88 Å². The highest BCUT2D eigenvalue weighted by Gasteiger charge is 2.25. The first-order chi connectivity index (χ1) is 8.09. The molecule has 0 saturated carbocycles. The lowest BCUT2D eigenvalue weighted by molar-refractivity contribution is 0.0919. The van der Waals surface area contributed by atoms with Gasteiger partial charge in [0.15, 0.2) is 0 Å². The number of hydrogen-bond acceptors (Lipinski definition) is 1. The molecule has 3 heteroatoms. The van der Waals surface area contributed by atoms with Crippen molar-refractivity contribution in [2.24, 2.45) is 0 Å². The SMILES string of the molecule is Cc1ccc2cc3n(c2c1C)C(C)CNC3=O. The van der Waals surface area contributed by atoms with Crippen LogP contribution in [0.3, 0.4) is 0 Å². The van der Waals surface area contributed by atoms with E-state index in [0.29, 0.717) is 12.6 Å². The van der Waals surface area contributed by atoms with E-state index in [1.165, 1.54) is 16.6 Å². The second-order valence-corrected chi connectivity index (χ2v) is 4.90. The van der Waals surface area contributed by atoms with Gasteiger partial charge in [-0.2, -0.15) is 0 Å². The van der Waals surface area contributed by atoms with Gasteiger partial charge in [-0.1, -0.05) is 12.1 Å². The first-order valence-corrected chi connectivity index (χ1v) is 5.99. The summed E-state index contributed by atoms with van der Waals surface area (Å²) in [5, 5.41) is 4.08. The zero-order valence-electron chi connectivity index (χ0n) is 10.4. The molecule has 2 heterocycles. The average Bonchev–Trinajstić information content (AvgIpc) is 2.70. The van der Waals surface area contributed by atoms with Crippen molar-refractivity contribution in [3.8, 4) is 0 Å².